The van der Waals surface area contributed by atoms with Crippen LogP contribution in [0.4, 0.5) is 0 Å². The first-order valence-corrected chi connectivity index (χ1v) is 9.50. The number of thiazole rings is 1. The zero-order valence-corrected chi connectivity index (χ0v) is 17.4. The molecule has 1 heterocycles. The topological polar surface area (TPSA) is 68.0 Å². The lowest BCUT2D eigenvalue weighted by atomic mass is 9.85. The number of hydrogen-bond donors (Lipinski definition) is 2. The first-order valence-electron chi connectivity index (χ1n) is 8.68. The van der Waals surface area contributed by atoms with Crippen LogP contribution in [-0.4, -0.2) is 23.5 Å². The fraction of sp³-hybridized carbons (Fsp3) is 0.474. The highest BCUT2D eigenvalue weighted by Gasteiger charge is 2.24. The number of amides is 1. The molecular formula is C19H27Cl2N3OS. The van der Waals surface area contributed by atoms with Crippen molar-refractivity contribution < 1.29 is 4.79 Å². The highest BCUT2D eigenvalue weighted by Crippen LogP contribution is 2.27. The average Bonchev–Trinajstić information content (AvgIpc) is 2.96. The number of nitrogens with one attached hydrogen (secondary N) is 1. The van der Waals surface area contributed by atoms with Crippen molar-refractivity contribution in [2.45, 2.75) is 45.1 Å². The summed E-state index contributed by atoms with van der Waals surface area (Å²) in [4.78, 5) is 18.2. The predicted molar refractivity (Wildman–Crippen MR) is 113 cm³/mol. The van der Waals surface area contributed by atoms with Crippen molar-refractivity contribution in [1.29, 1.82) is 0 Å². The normalized spacial score (nSPS) is 19.2. The molecule has 1 aromatic carbocycles. The summed E-state index contributed by atoms with van der Waals surface area (Å²) in [5.74, 6) is 0.244. The lowest BCUT2D eigenvalue weighted by Crippen LogP contribution is -2.38. The van der Waals surface area contributed by atoms with E-state index in [4.69, 9.17) is 10.7 Å². The molecule has 2 atom stereocenters. The SMILES string of the molecule is Cc1sc(CCNC(=O)C2CCCC(N)C2)nc1-c1ccccc1.Cl.Cl. The second-order valence-corrected chi connectivity index (χ2v) is 7.83. The molecule has 1 fully saturated rings. The summed E-state index contributed by atoms with van der Waals surface area (Å²) >= 11 is 1.71. The number of nitrogens with zero attached hydrogens (tertiary/aromatic N) is 1. The van der Waals surface area contributed by atoms with Gasteiger partial charge in [0, 0.05) is 35.4 Å². The van der Waals surface area contributed by atoms with Crippen LogP contribution in [0.3, 0.4) is 0 Å². The molecule has 0 spiro atoms. The monoisotopic (exact) mass is 415 g/mol. The van der Waals surface area contributed by atoms with Crippen molar-refractivity contribution in [2.24, 2.45) is 11.7 Å². The lowest BCUT2D eigenvalue weighted by Gasteiger charge is -2.25. The highest BCUT2D eigenvalue weighted by atomic mass is 35.5. The molecule has 7 heteroatoms. The Hall–Kier alpha value is -1.14. The van der Waals surface area contributed by atoms with Crippen LogP contribution in [0.15, 0.2) is 30.3 Å². The van der Waals surface area contributed by atoms with Crippen LogP contribution >= 0.6 is 36.2 Å². The lowest BCUT2D eigenvalue weighted by molar-refractivity contribution is -0.126. The van der Waals surface area contributed by atoms with Crippen molar-refractivity contribution in [3.8, 4) is 11.3 Å². The van der Waals surface area contributed by atoms with Crippen molar-refractivity contribution in [3.05, 3.63) is 40.2 Å². The molecule has 3 N–H and O–H groups in total. The van der Waals surface area contributed by atoms with Gasteiger partial charge in [0.05, 0.1) is 10.7 Å². The maximum atomic E-state index is 12.2. The molecule has 1 amide bonds. The fourth-order valence-electron chi connectivity index (χ4n) is 3.32. The zero-order valence-electron chi connectivity index (χ0n) is 14.9. The van der Waals surface area contributed by atoms with Gasteiger partial charge in [0.2, 0.25) is 5.91 Å². The van der Waals surface area contributed by atoms with Gasteiger partial charge in [0.15, 0.2) is 0 Å². The summed E-state index contributed by atoms with van der Waals surface area (Å²) in [7, 11) is 0. The van der Waals surface area contributed by atoms with E-state index in [9.17, 15) is 4.79 Å². The van der Waals surface area contributed by atoms with Crippen molar-refractivity contribution in [1.82, 2.24) is 10.3 Å². The number of hydrogen-bond acceptors (Lipinski definition) is 4. The van der Waals surface area contributed by atoms with Crippen LogP contribution in [0.25, 0.3) is 11.3 Å². The van der Waals surface area contributed by atoms with Crippen molar-refractivity contribution in [3.63, 3.8) is 0 Å². The van der Waals surface area contributed by atoms with Gasteiger partial charge in [-0.3, -0.25) is 4.79 Å². The van der Waals surface area contributed by atoms with Gasteiger partial charge in [0.25, 0.3) is 0 Å². The minimum absolute atomic E-state index is 0. The molecule has 0 bridgehead atoms. The van der Waals surface area contributed by atoms with Crippen molar-refractivity contribution in [2.75, 3.05) is 6.54 Å². The van der Waals surface area contributed by atoms with Crippen LogP contribution in [0.2, 0.25) is 0 Å². The molecule has 144 valence electrons. The van der Waals surface area contributed by atoms with Crippen molar-refractivity contribution >= 4 is 42.1 Å². The van der Waals surface area contributed by atoms with E-state index < -0.39 is 0 Å². The summed E-state index contributed by atoms with van der Waals surface area (Å²) in [5.41, 5.74) is 8.18. The molecule has 1 aromatic heterocycles. The van der Waals surface area contributed by atoms with E-state index in [0.29, 0.717) is 6.54 Å². The third-order valence-electron chi connectivity index (χ3n) is 4.61. The number of aryl methyl sites for hydroxylation is 1. The molecule has 0 radical (unpaired) electrons. The third-order valence-corrected chi connectivity index (χ3v) is 5.64. The first kappa shape index (κ1) is 22.9. The van der Waals surface area contributed by atoms with E-state index in [1.54, 1.807) is 11.3 Å². The molecule has 1 saturated carbocycles. The molecule has 3 rings (SSSR count). The van der Waals surface area contributed by atoms with Gasteiger partial charge in [-0.25, -0.2) is 4.98 Å². The number of rotatable bonds is 5. The minimum Gasteiger partial charge on any atom is -0.355 e. The Balaban J connectivity index is 0.00000169. The Labute approximate surface area is 171 Å². The van der Waals surface area contributed by atoms with Crippen LogP contribution in [0.5, 0.6) is 0 Å². The molecule has 2 aromatic rings. The Morgan fingerprint density at radius 2 is 2.00 bits per heavy atom. The highest BCUT2D eigenvalue weighted by molar-refractivity contribution is 7.12. The summed E-state index contributed by atoms with van der Waals surface area (Å²) in [6, 6.07) is 10.4. The molecule has 0 aliphatic heterocycles. The smallest absolute Gasteiger partial charge is 0.223 e. The first-order chi connectivity index (χ1) is 11.6. The van der Waals surface area contributed by atoms with Crippen LogP contribution in [0, 0.1) is 12.8 Å². The second-order valence-electron chi connectivity index (χ2n) is 6.54. The van der Waals surface area contributed by atoms with Gasteiger partial charge < -0.3 is 11.1 Å². The van der Waals surface area contributed by atoms with Gasteiger partial charge in [-0.05, 0) is 26.2 Å². The number of aromatic nitrogens is 1. The summed E-state index contributed by atoms with van der Waals surface area (Å²) in [6.07, 6.45) is 4.67. The predicted octanol–water partition coefficient (Wildman–Crippen LogP) is 4.14. The maximum Gasteiger partial charge on any atom is 0.223 e. The molecule has 1 aliphatic carbocycles. The second kappa shape index (κ2) is 10.9. The molecular weight excluding hydrogens is 389 g/mol. The third kappa shape index (κ3) is 5.95. The molecule has 1 aliphatic rings. The quantitative estimate of drug-likeness (QED) is 0.770. The largest absolute Gasteiger partial charge is 0.355 e. The van der Waals surface area contributed by atoms with Crippen LogP contribution in [0.1, 0.15) is 35.6 Å². The van der Waals surface area contributed by atoms with E-state index in [-0.39, 0.29) is 42.7 Å². The number of carbonyl (C=O) groups excluding carboxylic acids is 1. The van der Waals surface area contributed by atoms with Gasteiger partial charge >= 0.3 is 0 Å². The van der Waals surface area contributed by atoms with Gasteiger partial charge in [-0.2, -0.15) is 0 Å². The van der Waals surface area contributed by atoms with Gasteiger partial charge in [-0.1, -0.05) is 36.8 Å². The van der Waals surface area contributed by atoms with Gasteiger partial charge in [0.1, 0.15) is 0 Å². The number of halogens is 2. The summed E-state index contributed by atoms with van der Waals surface area (Å²) in [6.45, 7) is 2.75. The zero-order chi connectivity index (χ0) is 16.9. The van der Waals surface area contributed by atoms with Crippen LogP contribution in [-0.2, 0) is 11.2 Å². The van der Waals surface area contributed by atoms with E-state index in [2.05, 4.69) is 24.4 Å². The number of benzene rings is 1. The molecule has 2 unspecified atom stereocenters. The Morgan fingerprint density at radius 1 is 1.27 bits per heavy atom. The van der Waals surface area contributed by atoms with Crippen LogP contribution < -0.4 is 11.1 Å². The maximum absolute atomic E-state index is 12.2. The number of nitrogens with two attached hydrogens (primary N) is 1. The van der Waals surface area contributed by atoms with E-state index in [1.807, 2.05) is 18.2 Å². The number of carbonyl (C=O) groups is 1. The Bertz CT molecular complexity index is 693. The Morgan fingerprint density at radius 3 is 2.69 bits per heavy atom. The summed E-state index contributed by atoms with van der Waals surface area (Å²) < 4.78 is 0. The fourth-order valence-corrected chi connectivity index (χ4v) is 4.28. The van der Waals surface area contributed by atoms with E-state index in [0.717, 1.165) is 48.4 Å². The molecule has 4 nitrogen and oxygen atoms in total. The van der Waals surface area contributed by atoms with Gasteiger partial charge in [-0.15, -0.1) is 36.2 Å². The molecule has 0 saturated heterocycles. The van der Waals surface area contributed by atoms with E-state index >= 15 is 0 Å². The summed E-state index contributed by atoms with van der Waals surface area (Å²) in [5, 5.41) is 4.14. The molecule has 26 heavy (non-hydrogen) atoms. The minimum atomic E-state index is 0. The Kier molecular flexibility index (Phi) is 9.58. The standard InChI is InChI=1S/C19H25N3OS.2ClH/c1-13-18(14-6-3-2-4-7-14)22-17(24-13)10-11-21-19(23)15-8-5-9-16(20)12-15;;/h2-4,6-7,15-16H,5,8-12,20H2,1H3,(H,21,23);2*1H. The average molecular weight is 416 g/mol. The van der Waals surface area contributed by atoms with E-state index in [1.165, 1.54) is 4.88 Å².